The summed E-state index contributed by atoms with van der Waals surface area (Å²) in [5.74, 6) is -1.24. The van der Waals surface area contributed by atoms with Gasteiger partial charge in [0.2, 0.25) is 0 Å². The van der Waals surface area contributed by atoms with Gasteiger partial charge >= 0.3 is 5.97 Å². The number of aromatic nitrogens is 1. The molecule has 1 unspecified atom stereocenters. The van der Waals surface area contributed by atoms with Gasteiger partial charge in [0.25, 0.3) is 5.91 Å². The third kappa shape index (κ3) is 3.98. The third-order valence-corrected chi connectivity index (χ3v) is 5.58. The Morgan fingerprint density at radius 3 is 2.52 bits per heavy atom. The lowest BCUT2D eigenvalue weighted by molar-refractivity contribution is -0.145. The van der Waals surface area contributed by atoms with Crippen LogP contribution in [0.1, 0.15) is 47.8 Å². The van der Waals surface area contributed by atoms with Crippen LogP contribution in [0, 0.1) is 6.92 Å². The lowest BCUT2D eigenvalue weighted by atomic mass is 9.98. The summed E-state index contributed by atoms with van der Waals surface area (Å²) in [6.45, 7) is 5.75. The number of nitrogens with zero attached hydrogens (tertiary/aromatic N) is 1. The molecule has 0 spiro atoms. The van der Waals surface area contributed by atoms with Crippen molar-refractivity contribution in [3.63, 3.8) is 0 Å². The fraction of sp³-hybridized carbons (Fsp3) is 0.273. The van der Waals surface area contributed by atoms with Crippen molar-refractivity contribution < 1.29 is 19.4 Å². The van der Waals surface area contributed by atoms with Crippen LogP contribution in [-0.2, 0) is 9.53 Å². The number of phenols is 1. The number of carbonyl (C=O) groups excluding carboxylic acids is 2. The van der Waals surface area contributed by atoms with Crippen molar-refractivity contribution in [2.75, 3.05) is 6.61 Å². The highest BCUT2D eigenvalue weighted by atomic mass is 35.5. The Kier molecular flexibility index (Phi) is 6.20. The van der Waals surface area contributed by atoms with E-state index in [2.05, 4.69) is 0 Å². The lowest BCUT2D eigenvalue weighted by Crippen LogP contribution is -2.17. The molecule has 1 heterocycles. The molecule has 29 heavy (non-hydrogen) atoms. The molecule has 1 atom stereocenters. The number of rotatable bonds is 5. The highest BCUT2D eigenvalue weighted by Crippen LogP contribution is 2.35. The summed E-state index contributed by atoms with van der Waals surface area (Å²) in [5, 5.41) is 11.3. The van der Waals surface area contributed by atoms with Gasteiger partial charge in [0.05, 0.1) is 28.1 Å². The number of phenolic OH excluding ortho intramolecular Hbond substituents is 1. The van der Waals surface area contributed by atoms with Gasteiger partial charge in [-0.1, -0.05) is 30.1 Å². The summed E-state index contributed by atoms with van der Waals surface area (Å²) < 4.78 is 6.82. The highest BCUT2D eigenvalue weighted by molar-refractivity contribution is 6.42. The fourth-order valence-corrected chi connectivity index (χ4v) is 3.74. The van der Waals surface area contributed by atoms with Crippen LogP contribution in [0.15, 0.2) is 36.4 Å². The smallest absolute Gasteiger partial charge is 0.313 e. The van der Waals surface area contributed by atoms with E-state index in [4.69, 9.17) is 27.9 Å². The molecule has 1 aromatic heterocycles. The second-order valence-electron chi connectivity index (χ2n) is 6.86. The zero-order chi connectivity index (χ0) is 21.3. The minimum atomic E-state index is -0.603. The largest absolute Gasteiger partial charge is 0.508 e. The standard InChI is InChI=1S/C22H21Cl2NO4/c1-4-9-29-22(28)12(2)20-13(3)25(19-8-6-15(26)11-16(19)20)21(27)14-5-7-17(23)18(24)10-14/h5-8,10-12,26H,4,9H2,1-3H3. The maximum Gasteiger partial charge on any atom is 0.313 e. The van der Waals surface area contributed by atoms with Crippen molar-refractivity contribution >= 4 is 46.0 Å². The lowest BCUT2D eigenvalue weighted by Gasteiger charge is -2.13. The molecule has 0 aliphatic heterocycles. The monoisotopic (exact) mass is 433 g/mol. The quantitative estimate of drug-likeness (QED) is 0.523. The second-order valence-corrected chi connectivity index (χ2v) is 7.67. The number of carbonyl (C=O) groups is 2. The summed E-state index contributed by atoms with van der Waals surface area (Å²) in [4.78, 5) is 25.8. The number of halogens is 2. The van der Waals surface area contributed by atoms with Crippen LogP contribution in [0.2, 0.25) is 10.0 Å². The van der Waals surface area contributed by atoms with E-state index in [-0.39, 0.29) is 22.6 Å². The topological polar surface area (TPSA) is 68.5 Å². The molecule has 0 saturated heterocycles. The van der Waals surface area contributed by atoms with E-state index in [1.807, 2.05) is 6.92 Å². The maximum atomic E-state index is 13.3. The highest BCUT2D eigenvalue weighted by Gasteiger charge is 2.27. The zero-order valence-corrected chi connectivity index (χ0v) is 17.8. The van der Waals surface area contributed by atoms with Crippen molar-refractivity contribution in [2.24, 2.45) is 0 Å². The summed E-state index contributed by atoms with van der Waals surface area (Å²) in [5.41, 5.74) is 2.19. The van der Waals surface area contributed by atoms with Gasteiger partial charge < -0.3 is 9.84 Å². The van der Waals surface area contributed by atoms with E-state index in [1.165, 1.54) is 16.7 Å². The molecule has 0 saturated carbocycles. The molecule has 2 aromatic carbocycles. The summed E-state index contributed by atoms with van der Waals surface area (Å²) in [7, 11) is 0. The van der Waals surface area contributed by atoms with E-state index >= 15 is 0 Å². The first-order chi connectivity index (χ1) is 13.8. The predicted octanol–water partition coefficient (Wildman–Crippen LogP) is 5.71. The molecule has 0 amide bonds. The summed E-state index contributed by atoms with van der Waals surface area (Å²) >= 11 is 12.1. The number of hydrogen-bond acceptors (Lipinski definition) is 4. The second kappa shape index (κ2) is 8.47. The molecule has 0 radical (unpaired) electrons. The van der Waals surface area contributed by atoms with Crippen molar-refractivity contribution in [3.05, 3.63) is 63.3 Å². The van der Waals surface area contributed by atoms with Gasteiger partial charge in [0.1, 0.15) is 5.75 Å². The van der Waals surface area contributed by atoms with Crippen LogP contribution >= 0.6 is 23.2 Å². The molecular formula is C22H21Cl2NO4. The molecule has 0 fully saturated rings. The minimum Gasteiger partial charge on any atom is -0.508 e. The molecule has 0 bridgehead atoms. The molecule has 3 aromatic rings. The Bertz CT molecular complexity index is 1100. The van der Waals surface area contributed by atoms with Crippen LogP contribution in [0.3, 0.4) is 0 Å². The Balaban J connectivity index is 2.18. The Morgan fingerprint density at radius 2 is 1.86 bits per heavy atom. The van der Waals surface area contributed by atoms with E-state index in [0.29, 0.717) is 39.4 Å². The van der Waals surface area contributed by atoms with Crippen LogP contribution in [0.5, 0.6) is 5.75 Å². The van der Waals surface area contributed by atoms with Crippen molar-refractivity contribution in [1.82, 2.24) is 4.57 Å². The predicted molar refractivity (Wildman–Crippen MR) is 114 cm³/mol. The average molecular weight is 434 g/mol. The van der Waals surface area contributed by atoms with Gasteiger partial charge in [0.15, 0.2) is 0 Å². The normalized spacial score (nSPS) is 12.2. The molecule has 7 heteroatoms. The van der Waals surface area contributed by atoms with E-state index in [0.717, 1.165) is 6.42 Å². The number of fused-ring (bicyclic) bond motifs is 1. The number of aromatic hydroxyl groups is 1. The number of hydrogen-bond donors (Lipinski definition) is 1. The van der Waals surface area contributed by atoms with Gasteiger partial charge in [0, 0.05) is 16.6 Å². The third-order valence-electron chi connectivity index (χ3n) is 4.84. The van der Waals surface area contributed by atoms with Gasteiger partial charge in [-0.3, -0.25) is 14.2 Å². The van der Waals surface area contributed by atoms with Crippen LogP contribution in [-0.4, -0.2) is 28.2 Å². The minimum absolute atomic E-state index is 0.0482. The molecule has 0 aliphatic rings. The van der Waals surface area contributed by atoms with Crippen molar-refractivity contribution in [3.8, 4) is 5.75 Å². The molecule has 152 valence electrons. The molecular weight excluding hydrogens is 413 g/mol. The number of esters is 1. The van der Waals surface area contributed by atoms with Crippen molar-refractivity contribution in [1.29, 1.82) is 0 Å². The first-order valence-electron chi connectivity index (χ1n) is 9.26. The summed E-state index contributed by atoms with van der Waals surface area (Å²) in [6.07, 6.45) is 0.718. The SMILES string of the molecule is CCCOC(=O)C(C)c1c(C)n(C(=O)c2ccc(Cl)c(Cl)c2)c2ccc(O)cc12. The van der Waals surface area contributed by atoms with Gasteiger partial charge in [-0.2, -0.15) is 0 Å². The maximum absolute atomic E-state index is 13.3. The molecule has 1 N–H and O–H groups in total. The van der Waals surface area contributed by atoms with Crippen LogP contribution in [0.25, 0.3) is 10.9 Å². The fourth-order valence-electron chi connectivity index (χ4n) is 3.44. The zero-order valence-electron chi connectivity index (χ0n) is 16.3. The molecule has 3 rings (SSSR count). The van der Waals surface area contributed by atoms with E-state index in [1.54, 1.807) is 38.1 Å². The molecule has 5 nitrogen and oxygen atoms in total. The van der Waals surface area contributed by atoms with Crippen LogP contribution < -0.4 is 0 Å². The Labute approximate surface area is 178 Å². The number of ether oxygens (including phenoxy) is 1. The van der Waals surface area contributed by atoms with Gasteiger partial charge in [-0.15, -0.1) is 0 Å². The Hall–Kier alpha value is -2.50. The number of benzene rings is 2. The van der Waals surface area contributed by atoms with Gasteiger partial charge in [-0.05, 0) is 62.2 Å². The molecule has 0 aliphatic carbocycles. The Morgan fingerprint density at radius 1 is 1.14 bits per heavy atom. The van der Waals surface area contributed by atoms with Crippen LogP contribution in [0.4, 0.5) is 0 Å². The van der Waals surface area contributed by atoms with Gasteiger partial charge in [-0.25, -0.2) is 0 Å². The van der Waals surface area contributed by atoms with Crippen molar-refractivity contribution in [2.45, 2.75) is 33.1 Å². The average Bonchev–Trinajstić information content (AvgIpc) is 2.97. The van der Waals surface area contributed by atoms with E-state index in [9.17, 15) is 14.7 Å². The summed E-state index contributed by atoms with van der Waals surface area (Å²) in [6, 6.07) is 9.39. The first-order valence-corrected chi connectivity index (χ1v) is 10.0. The van der Waals surface area contributed by atoms with E-state index < -0.39 is 5.92 Å². The first kappa shape index (κ1) is 21.2.